The standard InChI is InChI=1S/C11H17ClO3/c12-9-10(13)5-1-3-7-14-11-6-2-4-8-15-11/h10-11,13H,2-4,6-9H2. The van der Waals surface area contributed by atoms with E-state index in [2.05, 4.69) is 11.8 Å². The molecule has 0 aliphatic carbocycles. The van der Waals surface area contributed by atoms with Crippen molar-refractivity contribution in [2.45, 2.75) is 38.1 Å². The molecule has 0 spiro atoms. The van der Waals surface area contributed by atoms with Gasteiger partial charge in [0.2, 0.25) is 0 Å². The molecule has 1 fully saturated rings. The molecular weight excluding hydrogens is 216 g/mol. The molecule has 0 radical (unpaired) electrons. The Kier molecular flexibility index (Phi) is 6.78. The number of hydrogen-bond donors (Lipinski definition) is 1. The first-order valence-electron chi connectivity index (χ1n) is 5.28. The summed E-state index contributed by atoms with van der Waals surface area (Å²) in [7, 11) is 0. The first-order chi connectivity index (χ1) is 7.33. The molecule has 0 aromatic carbocycles. The van der Waals surface area contributed by atoms with E-state index in [1.54, 1.807) is 0 Å². The zero-order chi connectivity index (χ0) is 10.9. The summed E-state index contributed by atoms with van der Waals surface area (Å²) in [5.41, 5.74) is 0. The molecule has 0 amide bonds. The van der Waals surface area contributed by atoms with E-state index in [1.165, 1.54) is 6.42 Å². The summed E-state index contributed by atoms with van der Waals surface area (Å²) in [6.45, 7) is 1.34. The zero-order valence-corrected chi connectivity index (χ0v) is 9.50. The number of rotatable bonds is 4. The molecule has 1 aliphatic rings. The van der Waals surface area contributed by atoms with Crippen molar-refractivity contribution in [3.8, 4) is 11.8 Å². The van der Waals surface area contributed by atoms with Crippen LogP contribution in [0, 0.1) is 11.8 Å². The Morgan fingerprint density at radius 3 is 3.07 bits per heavy atom. The topological polar surface area (TPSA) is 38.7 Å². The van der Waals surface area contributed by atoms with Crippen molar-refractivity contribution in [1.29, 1.82) is 0 Å². The number of hydrogen-bond acceptors (Lipinski definition) is 3. The fourth-order valence-electron chi connectivity index (χ4n) is 1.31. The van der Waals surface area contributed by atoms with Crippen molar-refractivity contribution < 1.29 is 14.6 Å². The molecule has 0 saturated carbocycles. The summed E-state index contributed by atoms with van der Waals surface area (Å²) in [5.74, 6) is 5.59. The van der Waals surface area contributed by atoms with Gasteiger partial charge >= 0.3 is 0 Å². The molecule has 86 valence electrons. The monoisotopic (exact) mass is 232 g/mol. The Hall–Kier alpha value is -0.270. The van der Waals surface area contributed by atoms with E-state index in [1.807, 2.05) is 0 Å². The summed E-state index contributed by atoms with van der Waals surface area (Å²) >= 11 is 5.38. The predicted octanol–water partition coefficient (Wildman–Crippen LogP) is 1.52. The maximum atomic E-state index is 9.03. The summed E-state index contributed by atoms with van der Waals surface area (Å²) in [6, 6.07) is 0. The van der Waals surface area contributed by atoms with Crippen LogP contribution in [0.1, 0.15) is 25.7 Å². The SMILES string of the molecule is OC(C#CCCOC1CCCCO1)CCl. The van der Waals surface area contributed by atoms with E-state index in [9.17, 15) is 0 Å². The van der Waals surface area contributed by atoms with Crippen LogP contribution in [0.15, 0.2) is 0 Å². The number of ether oxygens (including phenoxy) is 2. The smallest absolute Gasteiger partial charge is 0.157 e. The Labute approximate surface area is 95.7 Å². The fourth-order valence-corrected chi connectivity index (χ4v) is 1.39. The van der Waals surface area contributed by atoms with E-state index in [4.69, 9.17) is 26.2 Å². The van der Waals surface area contributed by atoms with Crippen LogP contribution in [0.5, 0.6) is 0 Å². The summed E-state index contributed by atoms with van der Waals surface area (Å²) in [4.78, 5) is 0. The largest absolute Gasteiger partial charge is 0.379 e. The van der Waals surface area contributed by atoms with Crippen LogP contribution in [0.2, 0.25) is 0 Å². The normalized spacial score (nSPS) is 22.9. The minimum absolute atomic E-state index is 0.0569. The van der Waals surface area contributed by atoms with E-state index in [0.717, 1.165) is 19.4 Å². The lowest BCUT2D eigenvalue weighted by atomic mass is 10.2. The molecule has 15 heavy (non-hydrogen) atoms. The third-order valence-corrected chi connectivity index (χ3v) is 2.38. The average Bonchev–Trinajstić information content (AvgIpc) is 2.29. The highest BCUT2D eigenvalue weighted by Crippen LogP contribution is 2.13. The van der Waals surface area contributed by atoms with Gasteiger partial charge < -0.3 is 14.6 Å². The van der Waals surface area contributed by atoms with Crippen LogP contribution in [0.3, 0.4) is 0 Å². The van der Waals surface area contributed by atoms with Crippen LogP contribution < -0.4 is 0 Å². The lowest BCUT2D eigenvalue weighted by Gasteiger charge is -2.22. The number of aliphatic hydroxyl groups excluding tert-OH is 1. The molecule has 0 bridgehead atoms. The van der Waals surface area contributed by atoms with Gasteiger partial charge in [-0.2, -0.15) is 0 Å². The minimum atomic E-state index is -0.724. The molecule has 2 atom stereocenters. The molecule has 3 nitrogen and oxygen atoms in total. The quantitative estimate of drug-likeness (QED) is 0.454. The second-order valence-electron chi connectivity index (χ2n) is 3.41. The summed E-state index contributed by atoms with van der Waals surface area (Å²) < 4.78 is 10.8. The Morgan fingerprint density at radius 1 is 1.53 bits per heavy atom. The van der Waals surface area contributed by atoms with Crippen LogP contribution in [-0.4, -0.2) is 36.6 Å². The van der Waals surface area contributed by atoms with E-state index in [0.29, 0.717) is 13.0 Å². The molecule has 1 N–H and O–H groups in total. The van der Waals surface area contributed by atoms with Gasteiger partial charge in [-0.1, -0.05) is 11.8 Å². The highest BCUT2D eigenvalue weighted by molar-refractivity contribution is 6.18. The minimum Gasteiger partial charge on any atom is -0.379 e. The summed E-state index contributed by atoms with van der Waals surface area (Å²) in [6.07, 6.45) is 3.09. The Morgan fingerprint density at radius 2 is 2.40 bits per heavy atom. The third kappa shape index (κ3) is 6.01. The zero-order valence-electron chi connectivity index (χ0n) is 8.75. The maximum Gasteiger partial charge on any atom is 0.157 e. The first-order valence-corrected chi connectivity index (χ1v) is 5.82. The van der Waals surface area contributed by atoms with Crippen LogP contribution in [-0.2, 0) is 9.47 Å². The van der Waals surface area contributed by atoms with Crippen LogP contribution >= 0.6 is 11.6 Å². The number of alkyl halides is 1. The van der Waals surface area contributed by atoms with Gasteiger partial charge in [0.1, 0.15) is 6.10 Å². The van der Waals surface area contributed by atoms with Crippen LogP contribution in [0.25, 0.3) is 0 Å². The van der Waals surface area contributed by atoms with Crippen molar-refractivity contribution in [1.82, 2.24) is 0 Å². The molecule has 1 aliphatic heterocycles. The second-order valence-corrected chi connectivity index (χ2v) is 3.72. The van der Waals surface area contributed by atoms with E-state index >= 15 is 0 Å². The van der Waals surface area contributed by atoms with Crippen molar-refractivity contribution in [2.75, 3.05) is 19.1 Å². The molecule has 0 aromatic rings. The van der Waals surface area contributed by atoms with E-state index in [-0.39, 0.29) is 12.2 Å². The van der Waals surface area contributed by atoms with Gasteiger partial charge in [-0.05, 0) is 19.3 Å². The number of aliphatic hydroxyl groups is 1. The van der Waals surface area contributed by atoms with Gasteiger partial charge in [0.15, 0.2) is 6.29 Å². The lowest BCUT2D eigenvalue weighted by Crippen LogP contribution is -2.22. The second kappa shape index (κ2) is 7.95. The molecule has 2 unspecified atom stereocenters. The van der Waals surface area contributed by atoms with Gasteiger partial charge in [-0.3, -0.25) is 0 Å². The van der Waals surface area contributed by atoms with Crippen molar-refractivity contribution in [2.24, 2.45) is 0 Å². The average molecular weight is 233 g/mol. The Balaban J connectivity index is 2.02. The highest BCUT2D eigenvalue weighted by atomic mass is 35.5. The first kappa shape index (κ1) is 12.8. The molecule has 1 saturated heterocycles. The molecule has 4 heteroatoms. The van der Waals surface area contributed by atoms with Crippen molar-refractivity contribution >= 4 is 11.6 Å². The fraction of sp³-hybridized carbons (Fsp3) is 0.818. The lowest BCUT2D eigenvalue weighted by molar-refractivity contribution is -0.161. The van der Waals surface area contributed by atoms with E-state index < -0.39 is 6.10 Å². The Bertz CT molecular complexity index is 216. The molecule has 1 rings (SSSR count). The summed E-state index contributed by atoms with van der Waals surface area (Å²) in [5, 5.41) is 9.03. The van der Waals surface area contributed by atoms with Gasteiger partial charge in [0.25, 0.3) is 0 Å². The maximum absolute atomic E-state index is 9.03. The van der Waals surface area contributed by atoms with Gasteiger partial charge in [-0.15, -0.1) is 11.6 Å². The van der Waals surface area contributed by atoms with Crippen molar-refractivity contribution in [3.63, 3.8) is 0 Å². The van der Waals surface area contributed by atoms with Crippen LogP contribution in [0.4, 0.5) is 0 Å². The van der Waals surface area contributed by atoms with Gasteiger partial charge in [0.05, 0.1) is 12.5 Å². The molecular formula is C11H17ClO3. The molecule has 1 heterocycles. The number of halogens is 1. The third-order valence-electron chi connectivity index (χ3n) is 2.08. The predicted molar refractivity (Wildman–Crippen MR) is 58.7 cm³/mol. The molecule has 0 aromatic heterocycles. The van der Waals surface area contributed by atoms with Crippen molar-refractivity contribution in [3.05, 3.63) is 0 Å². The van der Waals surface area contributed by atoms with Gasteiger partial charge in [-0.25, -0.2) is 0 Å². The highest BCUT2D eigenvalue weighted by Gasteiger charge is 2.12. The van der Waals surface area contributed by atoms with Gasteiger partial charge in [0, 0.05) is 13.0 Å².